The minimum Gasteiger partial charge on any atom is -0.493 e. The van der Waals surface area contributed by atoms with Crippen LogP contribution in [0.3, 0.4) is 0 Å². The van der Waals surface area contributed by atoms with E-state index in [-0.39, 0.29) is 10.9 Å². The highest BCUT2D eigenvalue weighted by Gasteiger charge is 2.47. The third kappa shape index (κ3) is 4.92. The number of ether oxygens (including phenoxy) is 4. The van der Waals surface area contributed by atoms with Crippen molar-refractivity contribution in [3.63, 3.8) is 0 Å². The van der Waals surface area contributed by atoms with Crippen LogP contribution in [0.1, 0.15) is 5.56 Å². The van der Waals surface area contributed by atoms with E-state index in [1.807, 2.05) is 30.3 Å². The lowest BCUT2D eigenvalue weighted by Gasteiger charge is -2.45. The fourth-order valence-electron chi connectivity index (χ4n) is 6.04. The Balaban J connectivity index is 1.38. The van der Waals surface area contributed by atoms with Gasteiger partial charge in [0.15, 0.2) is 17.2 Å². The van der Waals surface area contributed by atoms with E-state index in [0.717, 1.165) is 66.4 Å². The molecule has 1 aliphatic heterocycles. The molecule has 2 heterocycles. The lowest BCUT2D eigenvalue weighted by Crippen LogP contribution is -2.67. The van der Waals surface area contributed by atoms with Crippen LogP contribution in [0.25, 0.3) is 22.2 Å². The Bertz CT molecular complexity index is 1470. The zero-order valence-electron chi connectivity index (χ0n) is 24.3. The number of hydrogen-bond acceptors (Lipinski definition) is 6. The Labute approximate surface area is 236 Å². The number of hydroxylamine groups is 2. The molecule has 0 bridgehead atoms. The number of nitrogens with zero attached hydrogens (tertiary/aromatic N) is 3. The van der Waals surface area contributed by atoms with Gasteiger partial charge < -0.3 is 23.5 Å². The zero-order valence-corrected chi connectivity index (χ0v) is 24.3. The predicted octanol–water partition coefficient (Wildman–Crippen LogP) is 5.27. The summed E-state index contributed by atoms with van der Waals surface area (Å²) in [5.41, 5.74) is 5.79. The maximum atomic E-state index is 6.16. The van der Waals surface area contributed by atoms with Crippen LogP contribution >= 0.6 is 0 Å². The molecule has 1 aliphatic rings. The van der Waals surface area contributed by atoms with Gasteiger partial charge in [-0.1, -0.05) is 36.4 Å². The molecule has 0 saturated carbocycles. The van der Waals surface area contributed by atoms with E-state index < -0.39 is 0 Å². The molecule has 2 atom stereocenters. The molecule has 5 rings (SSSR count). The van der Waals surface area contributed by atoms with Crippen LogP contribution in [-0.4, -0.2) is 77.4 Å². The van der Waals surface area contributed by atoms with Crippen molar-refractivity contribution in [2.75, 3.05) is 61.7 Å². The number of aromatic nitrogens is 1. The molecule has 0 spiro atoms. The van der Waals surface area contributed by atoms with Crippen molar-refractivity contribution in [3.05, 3.63) is 72.3 Å². The molecule has 212 valence electrons. The van der Waals surface area contributed by atoms with E-state index in [1.54, 1.807) is 35.5 Å². The highest BCUT2D eigenvalue weighted by molar-refractivity contribution is 5.90. The van der Waals surface area contributed by atoms with Crippen molar-refractivity contribution < 1.29 is 23.8 Å². The fraction of sp³-hybridized carbons (Fsp3) is 0.375. The summed E-state index contributed by atoms with van der Waals surface area (Å²) >= 11 is 0. The average molecular weight is 547 g/mol. The number of methoxy groups -OCH3 is 4. The van der Waals surface area contributed by atoms with Crippen LogP contribution in [0.5, 0.6) is 17.2 Å². The second kappa shape index (κ2) is 11.9. The summed E-state index contributed by atoms with van der Waals surface area (Å²) in [6.07, 6.45) is 0.732. The first-order valence-corrected chi connectivity index (χ1v) is 13.6. The molecule has 1 fully saturated rings. The van der Waals surface area contributed by atoms with Gasteiger partial charge in [-0.2, -0.15) is 4.84 Å². The van der Waals surface area contributed by atoms with E-state index in [4.69, 9.17) is 23.8 Å². The average Bonchev–Trinajstić information content (AvgIpc) is 3.33. The highest BCUT2D eigenvalue weighted by atomic mass is 16.7. The molecule has 8 heteroatoms. The Kier molecular flexibility index (Phi) is 8.32. The topological polar surface area (TPSA) is 54.3 Å². The summed E-state index contributed by atoms with van der Waals surface area (Å²) in [6.45, 7) is 3.29. The molecule has 40 heavy (non-hydrogen) atoms. The zero-order chi connectivity index (χ0) is 28.3. The van der Waals surface area contributed by atoms with E-state index in [2.05, 4.69) is 52.9 Å². The van der Waals surface area contributed by atoms with E-state index in [0.29, 0.717) is 0 Å². The predicted molar refractivity (Wildman–Crippen MR) is 159 cm³/mol. The molecule has 0 radical (unpaired) electrons. The van der Waals surface area contributed by atoms with Crippen LogP contribution < -0.4 is 18.9 Å². The molecular weight excluding hydrogens is 506 g/mol. The Morgan fingerprint density at radius 3 is 2.25 bits per heavy atom. The summed E-state index contributed by atoms with van der Waals surface area (Å²) < 4.78 is 25.3. The smallest absolute Gasteiger partial charge is 0.240 e. The van der Waals surface area contributed by atoms with Crippen LogP contribution in [0.15, 0.2) is 66.7 Å². The Hall–Kier alpha value is -3.56. The quantitative estimate of drug-likeness (QED) is 0.253. The maximum Gasteiger partial charge on any atom is 0.240 e. The van der Waals surface area contributed by atoms with Gasteiger partial charge in [0.05, 0.1) is 47.0 Å². The van der Waals surface area contributed by atoms with Crippen LogP contribution in [-0.2, 0) is 23.0 Å². The molecule has 3 aromatic carbocycles. The van der Waals surface area contributed by atoms with Crippen LogP contribution in [0.4, 0.5) is 5.69 Å². The summed E-state index contributed by atoms with van der Waals surface area (Å²) in [5.74, 6) is 2.27. The van der Waals surface area contributed by atoms with Crippen LogP contribution in [0, 0.1) is 0 Å². The molecule has 1 aromatic heterocycles. The first-order chi connectivity index (χ1) is 19.5. The summed E-state index contributed by atoms with van der Waals surface area (Å²) in [5, 5.41) is 1.12. The number of piperazine rings is 1. The molecule has 0 amide bonds. The van der Waals surface area contributed by atoms with Crippen molar-refractivity contribution in [1.29, 1.82) is 0 Å². The second-order valence-electron chi connectivity index (χ2n) is 10.1. The third-order valence-electron chi connectivity index (χ3n) is 8.26. The lowest BCUT2D eigenvalue weighted by molar-refractivity contribution is -0.240. The molecule has 8 nitrogen and oxygen atoms in total. The number of para-hydroxylation sites is 2. The number of fused-ring (bicyclic) bond motifs is 1. The largest absolute Gasteiger partial charge is 0.493 e. The summed E-state index contributed by atoms with van der Waals surface area (Å²) in [6, 6.07) is 23.0. The van der Waals surface area contributed by atoms with E-state index in [9.17, 15) is 0 Å². The van der Waals surface area contributed by atoms with Crippen molar-refractivity contribution in [2.45, 2.75) is 12.6 Å². The molecular formula is C32H40N3O5+. The van der Waals surface area contributed by atoms with Crippen molar-refractivity contribution >= 4 is 16.6 Å². The normalized spacial score (nSPS) is 19.6. The van der Waals surface area contributed by atoms with Gasteiger partial charge in [0, 0.05) is 49.5 Å². The SMILES string of the molecule is COc1cc2cc(-c3ccccc3CCN3CC[N+](OC)(c4ccccc4OC)C(OC)C3)n(C)c2cc1OC. The number of rotatable bonds is 10. The first kappa shape index (κ1) is 28.0. The number of quaternary nitrogens is 1. The van der Waals surface area contributed by atoms with Crippen molar-refractivity contribution in [2.24, 2.45) is 7.05 Å². The molecule has 1 saturated heterocycles. The summed E-state index contributed by atoms with van der Waals surface area (Å²) in [4.78, 5) is 8.62. The number of hydrogen-bond donors (Lipinski definition) is 0. The van der Waals surface area contributed by atoms with Crippen molar-refractivity contribution in [3.8, 4) is 28.5 Å². The monoisotopic (exact) mass is 546 g/mol. The summed E-state index contributed by atoms with van der Waals surface area (Å²) in [7, 11) is 10.7. The molecule has 2 unspecified atom stereocenters. The molecule has 0 aliphatic carbocycles. The van der Waals surface area contributed by atoms with Crippen LogP contribution in [0.2, 0.25) is 0 Å². The van der Waals surface area contributed by atoms with E-state index >= 15 is 0 Å². The van der Waals surface area contributed by atoms with Crippen molar-refractivity contribution in [1.82, 2.24) is 14.1 Å². The highest BCUT2D eigenvalue weighted by Crippen LogP contribution is 2.39. The minimum atomic E-state index is -0.187. The van der Waals surface area contributed by atoms with Gasteiger partial charge >= 0.3 is 0 Å². The van der Waals surface area contributed by atoms with Gasteiger partial charge in [0.2, 0.25) is 11.9 Å². The number of benzene rings is 3. The number of aryl methyl sites for hydroxylation is 1. The lowest BCUT2D eigenvalue weighted by atomic mass is 10.0. The molecule has 4 aromatic rings. The van der Waals surface area contributed by atoms with Gasteiger partial charge in [0.25, 0.3) is 0 Å². The first-order valence-electron chi connectivity index (χ1n) is 13.6. The van der Waals surface area contributed by atoms with Gasteiger partial charge in [-0.25, -0.2) is 0 Å². The fourth-order valence-corrected chi connectivity index (χ4v) is 6.04. The maximum absolute atomic E-state index is 6.16. The van der Waals surface area contributed by atoms with Gasteiger partial charge in [-0.3, -0.25) is 4.90 Å². The van der Waals surface area contributed by atoms with Gasteiger partial charge in [-0.05, 0) is 30.2 Å². The third-order valence-corrected chi connectivity index (χ3v) is 8.26. The minimum absolute atomic E-state index is 0.187. The van der Waals surface area contributed by atoms with Gasteiger partial charge in [-0.15, -0.1) is 4.65 Å². The molecule has 0 N–H and O–H groups in total. The second-order valence-corrected chi connectivity index (χ2v) is 10.1. The van der Waals surface area contributed by atoms with E-state index in [1.165, 1.54) is 16.8 Å². The van der Waals surface area contributed by atoms with Gasteiger partial charge in [0.1, 0.15) is 6.54 Å². The Morgan fingerprint density at radius 1 is 0.825 bits per heavy atom. The Morgan fingerprint density at radius 2 is 1.52 bits per heavy atom. The standard InChI is InChI=1S/C32H40N3O5/c1-33-26-21-31(38-4)30(37-3)20-24(26)19-27(33)25-12-8-7-11-23(25)15-16-34-17-18-35(40-6,32(22-34)39-5)28-13-9-10-14-29(28)36-2/h7-14,19-21,32H,15-18,22H2,1-6H3/q+1.